The van der Waals surface area contributed by atoms with Crippen molar-refractivity contribution >= 4 is 5.91 Å². The first-order valence-corrected chi connectivity index (χ1v) is 7.16. The molecule has 1 amide bonds. The van der Waals surface area contributed by atoms with E-state index >= 15 is 0 Å². The maximum absolute atomic E-state index is 12.5. The topological polar surface area (TPSA) is 45.2 Å². The summed E-state index contributed by atoms with van der Waals surface area (Å²) < 4.78 is 0. The molecule has 1 N–H and O–H groups in total. The van der Waals surface area contributed by atoms with E-state index in [4.69, 9.17) is 0 Å². The Hall–Kier alpha value is -1.42. The smallest absolute Gasteiger partial charge is 0.227 e. The quantitative estimate of drug-likeness (QED) is 0.895. The van der Waals surface area contributed by atoms with Crippen LogP contribution in [0.2, 0.25) is 0 Å². The van der Waals surface area contributed by atoms with E-state index in [1.165, 1.54) is 0 Å². The van der Waals surface area contributed by atoms with Gasteiger partial charge in [-0.05, 0) is 24.5 Å². The highest BCUT2D eigenvalue weighted by Gasteiger charge is 2.29. The number of nitrogens with zero attached hydrogens (tertiary/aromatic N) is 2. The van der Waals surface area contributed by atoms with Gasteiger partial charge < -0.3 is 10.2 Å². The lowest BCUT2D eigenvalue weighted by Crippen LogP contribution is -2.58. The second-order valence-corrected chi connectivity index (χ2v) is 5.16. The number of aromatic nitrogens is 1. The number of carbonyl (C=O) groups is 1. The normalized spacial score (nSPS) is 23.4. The van der Waals surface area contributed by atoms with Crippen LogP contribution < -0.4 is 5.32 Å². The highest BCUT2D eigenvalue weighted by atomic mass is 16.2. The second-order valence-electron chi connectivity index (χ2n) is 5.16. The van der Waals surface area contributed by atoms with Crippen molar-refractivity contribution in [2.24, 2.45) is 0 Å². The zero-order chi connectivity index (χ0) is 13.7. The number of pyridine rings is 1. The third-order valence-electron chi connectivity index (χ3n) is 3.86. The molecule has 104 valence electrons. The number of nitrogens with one attached hydrogen (secondary N) is 1. The molecule has 0 saturated carbocycles. The van der Waals surface area contributed by atoms with Crippen molar-refractivity contribution in [1.82, 2.24) is 15.2 Å². The summed E-state index contributed by atoms with van der Waals surface area (Å²) in [5, 5.41) is 3.51. The lowest BCUT2D eigenvalue weighted by molar-refractivity contribution is -0.134. The number of amides is 1. The van der Waals surface area contributed by atoms with Crippen LogP contribution in [0.4, 0.5) is 0 Å². The Morgan fingerprint density at radius 2 is 2.32 bits per heavy atom. The average molecular weight is 261 g/mol. The van der Waals surface area contributed by atoms with Gasteiger partial charge in [-0.2, -0.15) is 0 Å². The van der Waals surface area contributed by atoms with Crippen LogP contribution in [0.15, 0.2) is 24.5 Å². The molecule has 0 radical (unpaired) electrons. The van der Waals surface area contributed by atoms with Gasteiger partial charge in [-0.3, -0.25) is 9.78 Å². The Morgan fingerprint density at radius 1 is 1.47 bits per heavy atom. The van der Waals surface area contributed by atoms with Crippen molar-refractivity contribution in [3.63, 3.8) is 0 Å². The molecule has 2 unspecified atom stereocenters. The maximum atomic E-state index is 12.5. The lowest BCUT2D eigenvalue weighted by atomic mass is 10.0. The van der Waals surface area contributed by atoms with E-state index in [0.29, 0.717) is 18.5 Å². The van der Waals surface area contributed by atoms with E-state index in [1.807, 2.05) is 12.1 Å². The minimum atomic E-state index is 0.222. The Bertz CT molecular complexity index is 407. The number of piperazine rings is 1. The van der Waals surface area contributed by atoms with Gasteiger partial charge in [0.2, 0.25) is 5.91 Å². The highest BCUT2D eigenvalue weighted by Crippen LogP contribution is 2.14. The fourth-order valence-corrected chi connectivity index (χ4v) is 2.59. The lowest BCUT2D eigenvalue weighted by Gasteiger charge is -2.40. The molecule has 0 aliphatic carbocycles. The second kappa shape index (κ2) is 6.66. The first kappa shape index (κ1) is 14.0. The maximum Gasteiger partial charge on any atom is 0.227 e. The fourth-order valence-electron chi connectivity index (χ4n) is 2.59. The molecule has 1 aromatic rings. The number of hydrogen-bond acceptors (Lipinski definition) is 3. The Kier molecular flexibility index (Phi) is 4.91. The number of hydrogen-bond donors (Lipinski definition) is 1. The van der Waals surface area contributed by atoms with E-state index < -0.39 is 0 Å². The van der Waals surface area contributed by atoms with Gasteiger partial charge in [-0.25, -0.2) is 0 Å². The Morgan fingerprint density at radius 3 is 2.95 bits per heavy atom. The van der Waals surface area contributed by atoms with E-state index in [2.05, 4.69) is 29.0 Å². The van der Waals surface area contributed by atoms with E-state index in [0.717, 1.165) is 31.5 Å². The molecule has 4 heteroatoms. The predicted octanol–water partition coefficient (Wildman–Crippen LogP) is 1.61. The van der Waals surface area contributed by atoms with Gasteiger partial charge in [0.15, 0.2) is 0 Å². The molecule has 1 saturated heterocycles. The predicted molar refractivity (Wildman–Crippen MR) is 75.8 cm³/mol. The standard InChI is InChI=1S/C15H23N3O/c1-3-13-11-18(14(4-2)10-17-13)15(19)8-12-6-5-7-16-9-12/h5-7,9,13-14,17H,3-4,8,10-11H2,1-2H3. The average Bonchev–Trinajstić information content (AvgIpc) is 2.47. The summed E-state index contributed by atoms with van der Waals surface area (Å²) in [4.78, 5) is 18.6. The Labute approximate surface area is 115 Å². The molecule has 2 heterocycles. The zero-order valence-electron chi connectivity index (χ0n) is 11.8. The van der Waals surface area contributed by atoms with Gasteiger partial charge >= 0.3 is 0 Å². The van der Waals surface area contributed by atoms with Gasteiger partial charge in [0, 0.05) is 37.6 Å². The zero-order valence-corrected chi connectivity index (χ0v) is 11.8. The summed E-state index contributed by atoms with van der Waals surface area (Å²) in [5.74, 6) is 0.222. The molecule has 2 rings (SSSR count). The van der Waals surface area contributed by atoms with Crippen molar-refractivity contribution in [2.45, 2.75) is 45.2 Å². The van der Waals surface area contributed by atoms with Gasteiger partial charge in [0.1, 0.15) is 0 Å². The van der Waals surface area contributed by atoms with Crippen LogP contribution >= 0.6 is 0 Å². The minimum absolute atomic E-state index is 0.222. The minimum Gasteiger partial charge on any atom is -0.337 e. The molecule has 1 aliphatic rings. The summed E-state index contributed by atoms with van der Waals surface area (Å²) in [6.45, 7) is 6.04. The molecule has 0 bridgehead atoms. The molecule has 19 heavy (non-hydrogen) atoms. The van der Waals surface area contributed by atoms with Gasteiger partial charge in [-0.1, -0.05) is 19.9 Å². The summed E-state index contributed by atoms with van der Waals surface area (Å²) in [7, 11) is 0. The van der Waals surface area contributed by atoms with E-state index in [9.17, 15) is 4.79 Å². The first-order chi connectivity index (χ1) is 9.24. The van der Waals surface area contributed by atoms with Crippen LogP contribution in [0, 0.1) is 0 Å². The summed E-state index contributed by atoms with van der Waals surface area (Å²) in [6.07, 6.45) is 6.04. The van der Waals surface area contributed by atoms with Crippen molar-refractivity contribution in [3.8, 4) is 0 Å². The molecule has 1 aliphatic heterocycles. The Balaban J connectivity index is 2.02. The van der Waals surface area contributed by atoms with Crippen molar-refractivity contribution in [3.05, 3.63) is 30.1 Å². The molecule has 1 fully saturated rings. The summed E-state index contributed by atoms with van der Waals surface area (Å²) in [6, 6.07) is 4.60. The third kappa shape index (κ3) is 3.53. The molecule has 1 aromatic heterocycles. The molecule has 2 atom stereocenters. The highest BCUT2D eigenvalue weighted by molar-refractivity contribution is 5.79. The van der Waals surface area contributed by atoms with Gasteiger partial charge in [0.05, 0.1) is 6.42 Å². The van der Waals surface area contributed by atoms with E-state index in [-0.39, 0.29) is 5.91 Å². The van der Waals surface area contributed by atoms with Crippen molar-refractivity contribution < 1.29 is 4.79 Å². The van der Waals surface area contributed by atoms with Crippen LogP contribution in [0.3, 0.4) is 0 Å². The molecule has 4 nitrogen and oxygen atoms in total. The SMILES string of the molecule is CCC1CN(C(=O)Cc2cccnc2)C(CC)CN1. The van der Waals surface area contributed by atoms with E-state index in [1.54, 1.807) is 12.4 Å². The van der Waals surface area contributed by atoms with Crippen LogP contribution in [0.25, 0.3) is 0 Å². The van der Waals surface area contributed by atoms with Crippen LogP contribution in [-0.4, -0.2) is 41.0 Å². The molecule has 0 aromatic carbocycles. The molecule has 0 spiro atoms. The largest absolute Gasteiger partial charge is 0.337 e. The first-order valence-electron chi connectivity index (χ1n) is 7.16. The molecular formula is C15H23N3O. The van der Waals surface area contributed by atoms with Crippen molar-refractivity contribution in [1.29, 1.82) is 0 Å². The monoisotopic (exact) mass is 261 g/mol. The summed E-state index contributed by atoms with van der Waals surface area (Å²) >= 11 is 0. The van der Waals surface area contributed by atoms with Crippen LogP contribution in [0.1, 0.15) is 32.3 Å². The number of carbonyl (C=O) groups excluding carboxylic acids is 1. The van der Waals surface area contributed by atoms with Gasteiger partial charge in [-0.15, -0.1) is 0 Å². The number of rotatable bonds is 4. The van der Waals surface area contributed by atoms with Crippen LogP contribution in [-0.2, 0) is 11.2 Å². The third-order valence-corrected chi connectivity index (χ3v) is 3.86. The van der Waals surface area contributed by atoms with Crippen molar-refractivity contribution in [2.75, 3.05) is 13.1 Å². The summed E-state index contributed by atoms with van der Waals surface area (Å²) in [5.41, 5.74) is 0.994. The fraction of sp³-hybridized carbons (Fsp3) is 0.600. The molecular weight excluding hydrogens is 238 g/mol. The van der Waals surface area contributed by atoms with Crippen LogP contribution in [0.5, 0.6) is 0 Å². The van der Waals surface area contributed by atoms with Gasteiger partial charge in [0.25, 0.3) is 0 Å².